The molecule has 6 nitrogen and oxygen atoms in total. The van der Waals surface area contributed by atoms with E-state index in [1.807, 2.05) is 22.9 Å². The van der Waals surface area contributed by atoms with E-state index >= 15 is 0 Å². The molecule has 3 aromatic heterocycles. The van der Waals surface area contributed by atoms with Gasteiger partial charge in [0, 0.05) is 22.9 Å². The third kappa shape index (κ3) is 3.19. The van der Waals surface area contributed by atoms with E-state index in [0.29, 0.717) is 16.0 Å². The van der Waals surface area contributed by atoms with Crippen LogP contribution in [-0.4, -0.2) is 29.7 Å². The Morgan fingerprint density at radius 3 is 2.96 bits per heavy atom. The number of nitrogens with zero attached hydrogens (tertiary/aromatic N) is 1. The summed E-state index contributed by atoms with van der Waals surface area (Å²) in [5.41, 5.74) is 0.647. The van der Waals surface area contributed by atoms with Gasteiger partial charge in [0.05, 0.1) is 5.39 Å². The molecule has 0 aliphatic rings. The fourth-order valence-corrected chi connectivity index (χ4v) is 3.95. The predicted octanol–water partition coefficient (Wildman–Crippen LogP) is 2.96. The van der Waals surface area contributed by atoms with E-state index in [1.165, 1.54) is 18.4 Å². The smallest absolute Gasteiger partial charge is 0.332 e. The second-order valence-corrected chi connectivity index (χ2v) is 6.63. The van der Waals surface area contributed by atoms with Crippen molar-refractivity contribution in [3.05, 3.63) is 39.1 Å². The van der Waals surface area contributed by atoms with E-state index in [9.17, 15) is 9.59 Å². The van der Waals surface area contributed by atoms with E-state index < -0.39 is 12.1 Å². The summed E-state index contributed by atoms with van der Waals surface area (Å²) in [4.78, 5) is 32.7. The Kier molecular flexibility index (Phi) is 4.56. The van der Waals surface area contributed by atoms with E-state index in [2.05, 4.69) is 9.97 Å². The first-order chi connectivity index (χ1) is 11.1. The van der Waals surface area contributed by atoms with Crippen LogP contribution >= 0.6 is 22.7 Å². The van der Waals surface area contributed by atoms with Crippen LogP contribution in [0.25, 0.3) is 20.7 Å². The number of rotatable bonds is 5. The minimum atomic E-state index is -0.651. The number of aromatic nitrogens is 2. The highest BCUT2D eigenvalue weighted by Crippen LogP contribution is 2.33. The number of hydrogen-bond acceptors (Lipinski definition) is 7. The Morgan fingerprint density at radius 1 is 1.43 bits per heavy atom. The first-order valence-corrected chi connectivity index (χ1v) is 8.59. The second-order valence-electron chi connectivity index (χ2n) is 4.82. The molecular weight excluding hydrogens is 336 g/mol. The summed E-state index contributed by atoms with van der Waals surface area (Å²) in [6.45, 7) is 1.52. The van der Waals surface area contributed by atoms with Crippen molar-refractivity contribution >= 4 is 38.9 Å². The lowest BCUT2D eigenvalue weighted by molar-refractivity contribution is -0.153. The van der Waals surface area contributed by atoms with Crippen LogP contribution in [0.5, 0.6) is 0 Å². The van der Waals surface area contributed by atoms with Crippen molar-refractivity contribution in [2.45, 2.75) is 13.0 Å². The normalized spacial score (nSPS) is 12.4. The van der Waals surface area contributed by atoms with Crippen molar-refractivity contribution in [3.63, 3.8) is 0 Å². The van der Waals surface area contributed by atoms with Gasteiger partial charge >= 0.3 is 5.97 Å². The van der Waals surface area contributed by atoms with Crippen LogP contribution in [0, 0.1) is 0 Å². The number of thiophene rings is 2. The third-order valence-electron chi connectivity index (χ3n) is 3.20. The highest BCUT2D eigenvalue weighted by molar-refractivity contribution is 7.18. The number of nitrogens with one attached hydrogen (secondary N) is 1. The van der Waals surface area contributed by atoms with Gasteiger partial charge in [-0.05, 0) is 18.4 Å². The Bertz CT molecular complexity index is 883. The Morgan fingerprint density at radius 2 is 2.26 bits per heavy atom. The third-order valence-corrected chi connectivity index (χ3v) is 4.98. The molecule has 0 saturated carbocycles. The van der Waals surface area contributed by atoms with Gasteiger partial charge in [-0.15, -0.1) is 22.7 Å². The van der Waals surface area contributed by atoms with Crippen LogP contribution in [0.15, 0.2) is 27.7 Å². The molecule has 0 aromatic carbocycles. The number of aromatic amines is 1. The predicted molar refractivity (Wildman–Crippen MR) is 89.9 cm³/mol. The van der Waals surface area contributed by atoms with Crippen molar-refractivity contribution in [3.8, 4) is 10.4 Å². The van der Waals surface area contributed by atoms with Crippen LogP contribution in [0.1, 0.15) is 18.9 Å². The quantitative estimate of drug-likeness (QED) is 0.716. The number of carbonyl (C=O) groups excluding carboxylic acids is 1. The maximum atomic E-state index is 12.4. The van der Waals surface area contributed by atoms with Crippen molar-refractivity contribution in [1.29, 1.82) is 0 Å². The highest BCUT2D eigenvalue weighted by Gasteiger charge is 2.18. The summed E-state index contributed by atoms with van der Waals surface area (Å²) in [6, 6.07) is 3.91. The summed E-state index contributed by atoms with van der Waals surface area (Å²) in [6.07, 6.45) is -0.651. The van der Waals surface area contributed by atoms with Crippen LogP contribution in [0.4, 0.5) is 0 Å². The lowest BCUT2D eigenvalue weighted by Gasteiger charge is -2.12. The molecule has 0 aliphatic heterocycles. The maximum Gasteiger partial charge on any atom is 0.332 e. The number of fused-ring (bicyclic) bond motifs is 1. The average molecular weight is 350 g/mol. The van der Waals surface area contributed by atoms with Crippen molar-refractivity contribution < 1.29 is 14.3 Å². The van der Waals surface area contributed by atoms with Crippen LogP contribution < -0.4 is 5.56 Å². The molecule has 3 rings (SSSR count). The summed E-state index contributed by atoms with van der Waals surface area (Å²) < 4.78 is 9.89. The molecule has 120 valence electrons. The van der Waals surface area contributed by atoms with Gasteiger partial charge in [-0.25, -0.2) is 9.78 Å². The molecule has 0 saturated heterocycles. The average Bonchev–Trinajstić information content (AvgIpc) is 3.15. The summed E-state index contributed by atoms with van der Waals surface area (Å²) >= 11 is 2.97. The molecular formula is C15H14N2O4S2. The SMILES string of the molecule is COCC(=O)O[C@@H](C)c1nc2scc(-c3cccs3)c2c(=O)[nH]1. The molecule has 1 N–H and O–H groups in total. The maximum absolute atomic E-state index is 12.4. The molecule has 0 fully saturated rings. The van der Waals surface area contributed by atoms with E-state index in [0.717, 1.165) is 10.4 Å². The molecule has 8 heteroatoms. The van der Waals surface area contributed by atoms with Crippen molar-refractivity contribution in [1.82, 2.24) is 9.97 Å². The molecule has 3 aromatic rings. The van der Waals surface area contributed by atoms with Gasteiger partial charge in [0.1, 0.15) is 11.4 Å². The van der Waals surface area contributed by atoms with E-state index in [1.54, 1.807) is 18.3 Å². The van der Waals surface area contributed by atoms with Crippen LogP contribution in [0.3, 0.4) is 0 Å². The Labute approximate surface area is 139 Å². The van der Waals surface area contributed by atoms with Gasteiger partial charge in [-0.2, -0.15) is 0 Å². The number of ether oxygens (including phenoxy) is 2. The monoisotopic (exact) mass is 350 g/mol. The molecule has 0 spiro atoms. The minimum absolute atomic E-state index is 0.141. The molecule has 0 unspecified atom stereocenters. The lowest BCUT2D eigenvalue weighted by atomic mass is 10.2. The van der Waals surface area contributed by atoms with Crippen molar-refractivity contribution in [2.24, 2.45) is 0 Å². The zero-order valence-electron chi connectivity index (χ0n) is 12.5. The van der Waals surface area contributed by atoms with Gasteiger partial charge in [-0.1, -0.05) is 6.07 Å². The van der Waals surface area contributed by atoms with Crippen LogP contribution in [-0.2, 0) is 14.3 Å². The molecule has 23 heavy (non-hydrogen) atoms. The van der Waals surface area contributed by atoms with Gasteiger partial charge in [0.25, 0.3) is 5.56 Å². The molecule has 0 amide bonds. The fraction of sp³-hybridized carbons (Fsp3) is 0.267. The molecule has 1 atom stereocenters. The topological polar surface area (TPSA) is 81.3 Å². The first-order valence-electron chi connectivity index (χ1n) is 6.84. The first kappa shape index (κ1) is 15.9. The molecule has 0 radical (unpaired) electrons. The lowest BCUT2D eigenvalue weighted by Crippen LogP contribution is -2.19. The zero-order valence-corrected chi connectivity index (χ0v) is 14.1. The summed E-state index contributed by atoms with van der Waals surface area (Å²) in [5.74, 6) is -0.181. The van der Waals surface area contributed by atoms with Gasteiger partial charge in [-0.3, -0.25) is 4.79 Å². The number of carbonyl (C=O) groups is 1. The number of H-pyrrole nitrogens is 1. The fourth-order valence-electron chi connectivity index (χ4n) is 2.18. The zero-order chi connectivity index (χ0) is 16.4. The Hall–Kier alpha value is -2.03. The van der Waals surface area contributed by atoms with Crippen molar-refractivity contribution in [2.75, 3.05) is 13.7 Å². The van der Waals surface area contributed by atoms with E-state index in [-0.39, 0.29) is 12.2 Å². The number of hydrogen-bond donors (Lipinski definition) is 1. The standard InChI is InChI=1S/C15H14N2O4S2/c1-8(21-11(18)6-20-2)13-16-14(19)12-9(7-23-15(12)17-13)10-4-3-5-22-10/h3-5,7-8H,6H2,1-2H3,(H,16,17,19)/t8-/m0/s1. The van der Waals surface area contributed by atoms with Gasteiger partial charge < -0.3 is 14.5 Å². The van der Waals surface area contributed by atoms with Gasteiger partial charge in [0.2, 0.25) is 0 Å². The number of methoxy groups -OCH3 is 1. The number of esters is 1. The van der Waals surface area contributed by atoms with Crippen LogP contribution in [0.2, 0.25) is 0 Å². The van der Waals surface area contributed by atoms with Gasteiger partial charge in [0.15, 0.2) is 11.9 Å². The second kappa shape index (κ2) is 6.61. The molecule has 0 aliphatic carbocycles. The summed E-state index contributed by atoms with van der Waals surface area (Å²) in [7, 11) is 1.41. The Balaban J connectivity index is 1.97. The largest absolute Gasteiger partial charge is 0.453 e. The summed E-state index contributed by atoms with van der Waals surface area (Å²) in [5, 5.41) is 4.45. The molecule has 0 bridgehead atoms. The molecule has 3 heterocycles. The minimum Gasteiger partial charge on any atom is -0.453 e. The van der Waals surface area contributed by atoms with E-state index in [4.69, 9.17) is 9.47 Å². The highest BCUT2D eigenvalue weighted by atomic mass is 32.1.